The van der Waals surface area contributed by atoms with Crippen LogP contribution < -0.4 is 22.6 Å². The van der Waals surface area contributed by atoms with Gasteiger partial charge in [0.15, 0.2) is 0 Å². The maximum absolute atomic E-state index is 13.5. The number of hydrogen-bond acceptors (Lipinski definition) is 8. The Morgan fingerprint density at radius 1 is 0.507 bits per heavy atom. The van der Waals surface area contributed by atoms with Crippen molar-refractivity contribution in [1.82, 2.24) is 29.1 Å². The first-order chi connectivity index (χ1) is 32.0. The van der Waals surface area contributed by atoms with Gasteiger partial charge in [-0.15, -0.1) is 0 Å². The molecule has 4 aromatic carbocycles. The lowest BCUT2D eigenvalue weighted by Gasteiger charge is -2.16. The van der Waals surface area contributed by atoms with E-state index < -0.39 is 29.0 Å². The largest absolute Gasteiger partial charge is 0.416 e. The van der Waals surface area contributed by atoms with Crippen LogP contribution in [0.3, 0.4) is 0 Å². The Kier molecular flexibility index (Phi) is 11.0. The number of nitrogens with two attached hydrogens (primary N) is 2. The van der Waals surface area contributed by atoms with Crippen LogP contribution in [-0.4, -0.2) is 29.1 Å². The minimum absolute atomic E-state index is 0.135. The van der Waals surface area contributed by atoms with Gasteiger partial charge < -0.3 is 11.5 Å². The van der Waals surface area contributed by atoms with E-state index in [2.05, 4.69) is 19.9 Å². The van der Waals surface area contributed by atoms with Gasteiger partial charge in [-0.3, -0.25) is 28.7 Å². The first-order valence-electron chi connectivity index (χ1n) is 20.7. The summed E-state index contributed by atoms with van der Waals surface area (Å²) in [5.74, 6) is 0.780. The molecular formula is C51H36F6N8O2. The molecule has 0 saturated heterocycles. The van der Waals surface area contributed by atoms with Crippen LogP contribution in [0.15, 0.2) is 156 Å². The molecule has 10 nitrogen and oxygen atoms in total. The molecule has 0 aliphatic rings. The summed E-state index contributed by atoms with van der Waals surface area (Å²) in [6.07, 6.45) is -2.08. The van der Waals surface area contributed by atoms with E-state index in [9.17, 15) is 35.9 Å². The maximum Gasteiger partial charge on any atom is 0.416 e. The summed E-state index contributed by atoms with van der Waals surface area (Å²) >= 11 is 0. The van der Waals surface area contributed by atoms with Crippen molar-refractivity contribution in [1.29, 1.82) is 0 Å². The van der Waals surface area contributed by atoms with E-state index in [1.165, 1.54) is 33.4 Å². The second-order valence-electron chi connectivity index (χ2n) is 15.8. The third-order valence-electron chi connectivity index (χ3n) is 11.4. The third kappa shape index (κ3) is 8.40. The molecular weight excluding hydrogens is 871 g/mol. The fourth-order valence-corrected chi connectivity index (χ4v) is 8.07. The Hall–Kier alpha value is -8.40. The van der Waals surface area contributed by atoms with Crippen molar-refractivity contribution in [2.24, 2.45) is 0 Å². The molecule has 0 bridgehead atoms. The predicted octanol–water partition coefficient (Wildman–Crippen LogP) is 11.3. The van der Waals surface area contributed by atoms with Gasteiger partial charge in [0, 0.05) is 80.0 Å². The Bertz CT molecular complexity index is 3680. The summed E-state index contributed by atoms with van der Waals surface area (Å²) in [6.45, 7) is 3.46. The lowest BCUT2D eigenvalue weighted by Crippen LogP contribution is -2.23. The molecule has 0 radical (unpaired) electrons. The molecule has 0 fully saturated rings. The zero-order chi connectivity index (χ0) is 47.4. The van der Waals surface area contributed by atoms with E-state index in [-0.39, 0.29) is 16.9 Å². The second kappa shape index (κ2) is 16.9. The van der Waals surface area contributed by atoms with Crippen molar-refractivity contribution < 1.29 is 26.3 Å². The van der Waals surface area contributed by atoms with Crippen LogP contribution >= 0.6 is 0 Å². The Balaban J connectivity index is 0.000000168. The topological polar surface area (TPSA) is 148 Å². The fraction of sp³-hybridized carbons (Fsp3) is 0.0980. The van der Waals surface area contributed by atoms with Crippen LogP contribution in [0.2, 0.25) is 0 Å². The number of pyridine rings is 6. The van der Waals surface area contributed by atoms with Crippen molar-refractivity contribution in [3.05, 3.63) is 189 Å². The van der Waals surface area contributed by atoms with Gasteiger partial charge in [0.1, 0.15) is 11.6 Å². The number of halogens is 6. The van der Waals surface area contributed by atoms with Gasteiger partial charge in [0.2, 0.25) is 0 Å². The van der Waals surface area contributed by atoms with E-state index in [0.29, 0.717) is 72.8 Å². The number of benzene rings is 4. The minimum Gasteiger partial charge on any atom is -0.384 e. The van der Waals surface area contributed by atoms with Crippen LogP contribution in [0.5, 0.6) is 0 Å². The smallest absolute Gasteiger partial charge is 0.384 e. The molecule has 67 heavy (non-hydrogen) atoms. The van der Waals surface area contributed by atoms with E-state index >= 15 is 0 Å². The van der Waals surface area contributed by atoms with Crippen molar-refractivity contribution >= 4 is 55.2 Å². The van der Waals surface area contributed by atoms with E-state index in [4.69, 9.17) is 11.5 Å². The Labute approximate surface area is 376 Å². The van der Waals surface area contributed by atoms with Gasteiger partial charge in [-0.25, -0.2) is 9.97 Å². The van der Waals surface area contributed by atoms with E-state index in [1.807, 2.05) is 49.4 Å². The molecule has 6 aromatic heterocycles. The second-order valence-corrected chi connectivity index (χ2v) is 15.8. The van der Waals surface area contributed by atoms with Crippen molar-refractivity contribution in [2.75, 3.05) is 11.5 Å². The zero-order valence-electron chi connectivity index (χ0n) is 35.5. The van der Waals surface area contributed by atoms with Crippen LogP contribution in [0.25, 0.3) is 77.2 Å². The first kappa shape index (κ1) is 43.8. The Morgan fingerprint density at radius 2 is 0.955 bits per heavy atom. The normalized spacial score (nSPS) is 11.9. The number of aromatic nitrogens is 6. The van der Waals surface area contributed by atoms with Crippen molar-refractivity contribution in [3.63, 3.8) is 0 Å². The summed E-state index contributed by atoms with van der Waals surface area (Å²) in [7, 11) is 0. The average molecular weight is 907 g/mol. The van der Waals surface area contributed by atoms with Crippen molar-refractivity contribution in [3.8, 4) is 33.6 Å². The molecule has 16 heteroatoms. The molecule has 6 heterocycles. The predicted molar refractivity (Wildman–Crippen MR) is 249 cm³/mol. The standard InChI is InChI=1S/C26H19F3N4O.C25H17F3N4O/c1-2-15-10-18-14-31-22-8-6-16(17-7-9-23(30)32-13-17)11-21(22)24(18)33(25(15)34)20-5-3-4-19(12-20)26(27,28)29;1-14-9-17-13-30-21-7-5-15(16-6-8-22(29)31-12-16)10-20(21)23(17)32(24(14)33)19-4-2-3-18(11-19)25(26,27)28/h3-14H,2H2,1H3,(H2,30,32);2-13H,1H3,(H2,29,31). The number of alkyl halides is 6. The summed E-state index contributed by atoms with van der Waals surface area (Å²) in [6, 6.07) is 31.2. The maximum atomic E-state index is 13.5. The van der Waals surface area contributed by atoms with Gasteiger partial charge in [0.25, 0.3) is 11.1 Å². The molecule has 0 aliphatic carbocycles. The highest BCUT2D eigenvalue weighted by Crippen LogP contribution is 2.35. The minimum atomic E-state index is -4.53. The number of hydrogen-bond donors (Lipinski definition) is 2. The summed E-state index contributed by atoms with van der Waals surface area (Å²) in [5, 5.41) is 2.58. The SMILES string of the molecule is CCc1cc2cnc3ccc(-c4ccc(N)nc4)cc3c2n(-c2cccc(C(F)(F)F)c2)c1=O.Cc1cc2cnc3ccc(-c4ccc(N)nc4)cc3c2n(-c2cccc(C(F)(F)F)c2)c1=O. The molecule has 334 valence electrons. The molecule has 0 spiro atoms. The fourth-order valence-electron chi connectivity index (χ4n) is 8.07. The molecule has 10 rings (SSSR count). The van der Waals surface area contributed by atoms with Crippen LogP contribution in [0.4, 0.5) is 38.0 Å². The summed E-state index contributed by atoms with van der Waals surface area (Å²) < 4.78 is 83.2. The molecule has 0 aliphatic heterocycles. The van der Waals surface area contributed by atoms with Gasteiger partial charge in [-0.2, -0.15) is 26.3 Å². The van der Waals surface area contributed by atoms with E-state index in [1.54, 1.807) is 62.0 Å². The molecule has 0 unspecified atom stereocenters. The molecule has 0 amide bonds. The van der Waals surface area contributed by atoms with Gasteiger partial charge in [0.05, 0.1) is 33.2 Å². The summed E-state index contributed by atoms with van der Waals surface area (Å²) in [4.78, 5) is 43.9. The average Bonchev–Trinajstić information content (AvgIpc) is 3.31. The van der Waals surface area contributed by atoms with Crippen LogP contribution in [-0.2, 0) is 18.8 Å². The highest BCUT2D eigenvalue weighted by atomic mass is 19.4. The van der Waals surface area contributed by atoms with Crippen LogP contribution in [0.1, 0.15) is 29.2 Å². The number of aryl methyl sites for hydroxylation is 2. The van der Waals surface area contributed by atoms with Crippen molar-refractivity contribution in [2.45, 2.75) is 32.6 Å². The Morgan fingerprint density at radius 3 is 1.39 bits per heavy atom. The highest BCUT2D eigenvalue weighted by Gasteiger charge is 2.32. The zero-order valence-corrected chi connectivity index (χ0v) is 35.5. The van der Waals surface area contributed by atoms with Gasteiger partial charge in [-0.1, -0.05) is 31.2 Å². The number of fused-ring (bicyclic) bond motifs is 6. The monoisotopic (exact) mass is 906 g/mol. The number of nitrogen functional groups attached to an aromatic ring is 2. The molecule has 4 N–H and O–H groups in total. The number of nitrogens with zero attached hydrogens (tertiary/aromatic N) is 6. The van der Waals surface area contributed by atoms with Gasteiger partial charge in [-0.05, 0) is 122 Å². The first-order valence-corrected chi connectivity index (χ1v) is 20.7. The van der Waals surface area contributed by atoms with Crippen LogP contribution in [0, 0.1) is 6.92 Å². The van der Waals surface area contributed by atoms with E-state index in [0.717, 1.165) is 46.5 Å². The quantitative estimate of drug-likeness (QED) is 0.128. The number of rotatable bonds is 5. The molecule has 0 saturated carbocycles. The molecule has 0 atom stereocenters. The lowest BCUT2D eigenvalue weighted by atomic mass is 10.0. The highest BCUT2D eigenvalue weighted by molar-refractivity contribution is 6.06. The lowest BCUT2D eigenvalue weighted by molar-refractivity contribution is -0.138. The van der Waals surface area contributed by atoms with Gasteiger partial charge >= 0.3 is 12.4 Å². The number of anilines is 2. The summed E-state index contributed by atoms with van der Waals surface area (Å²) in [5.41, 5.74) is 15.6. The third-order valence-corrected chi connectivity index (χ3v) is 11.4. The molecule has 10 aromatic rings.